The minimum Gasteiger partial charge on any atom is -0.472 e. The van der Waals surface area contributed by atoms with E-state index in [1.807, 2.05) is 24.3 Å². The van der Waals surface area contributed by atoms with E-state index in [2.05, 4.69) is 21.0 Å². The molecule has 0 N–H and O–H groups in total. The number of aldehydes is 1. The van der Waals surface area contributed by atoms with Gasteiger partial charge in [-0.3, -0.25) is 9.48 Å². The first kappa shape index (κ1) is 12.9. The summed E-state index contributed by atoms with van der Waals surface area (Å²) in [5.41, 5.74) is 3.13. The van der Waals surface area contributed by atoms with E-state index in [0.717, 1.165) is 21.9 Å². The average Bonchev–Trinajstić information content (AvgIpc) is 3.10. The number of halogens is 1. The highest BCUT2D eigenvalue weighted by Crippen LogP contribution is 2.21. The van der Waals surface area contributed by atoms with Crippen LogP contribution in [-0.4, -0.2) is 16.1 Å². The van der Waals surface area contributed by atoms with Crippen LogP contribution < -0.4 is 0 Å². The first-order chi connectivity index (χ1) is 9.76. The number of aromatic nitrogens is 2. The predicted octanol–water partition coefficient (Wildman–Crippen LogP) is 3.77. The van der Waals surface area contributed by atoms with Gasteiger partial charge < -0.3 is 4.42 Å². The van der Waals surface area contributed by atoms with Crippen molar-refractivity contribution in [3.63, 3.8) is 0 Å². The lowest BCUT2D eigenvalue weighted by molar-refractivity contribution is 0.112. The molecule has 0 aliphatic rings. The number of carbonyl (C=O) groups is 1. The minimum atomic E-state index is 0.559. The highest BCUT2D eigenvalue weighted by Gasteiger charge is 2.11. The first-order valence-corrected chi connectivity index (χ1v) is 6.85. The lowest BCUT2D eigenvalue weighted by Crippen LogP contribution is -2.00. The summed E-state index contributed by atoms with van der Waals surface area (Å²) in [5.74, 6) is 0. The quantitative estimate of drug-likeness (QED) is 0.684. The van der Waals surface area contributed by atoms with Gasteiger partial charge in [0.2, 0.25) is 0 Å². The van der Waals surface area contributed by atoms with Gasteiger partial charge >= 0.3 is 0 Å². The van der Waals surface area contributed by atoms with Crippen LogP contribution in [0.5, 0.6) is 0 Å². The fourth-order valence-corrected chi connectivity index (χ4v) is 2.27. The number of hydrogen-bond donors (Lipinski definition) is 0. The Labute approximate surface area is 124 Å². The van der Waals surface area contributed by atoms with Gasteiger partial charge in [-0.2, -0.15) is 5.10 Å². The first-order valence-electron chi connectivity index (χ1n) is 6.06. The molecule has 0 spiro atoms. The van der Waals surface area contributed by atoms with Gasteiger partial charge in [0.15, 0.2) is 6.29 Å². The molecule has 0 aliphatic carbocycles. The Morgan fingerprint density at radius 1 is 1.25 bits per heavy atom. The lowest BCUT2D eigenvalue weighted by atomic mass is 10.2. The highest BCUT2D eigenvalue weighted by molar-refractivity contribution is 9.10. The molecule has 0 saturated carbocycles. The number of rotatable bonds is 4. The van der Waals surface area contributed by atoms with Crippen molar-refractivity contribution in [2.75, 3.05) is 0 Å². The van der Waals surface area contributed by atoms with Gasteiger partial charge in [-0.05, 0) is 23.8 Å². The summed E-state index contributed by atoms with van der Waals surface area (Å²) in [6.07, 6.45) is 5.71. The van der Waals surface area contributed by atoms with Crippen molar-refractivity contribution >= 4 is 22.2 Å². The topological polar surface area (TPSA) is 48.0 Å². The van der Waals surface area contributed by atoms with Crippen molar-refractivity contribution in [2.45, 2.75) is 6.54 Å². The maximum Gasteiger partial charge on any atom is 0.153 e. The zero-order chi connectivity index (χ0) is 13.9. The molecule has 3 aromatic rings. The van der Waals surface area contributed by atoms with Crippen molar-refractivity contribution in [2.24, 2.45) is 0 Å². The Kier molecular flexibility index (Phi) is 3.52. The highest BCUT2D eigenvalue weighted by atomic mass is 79.9. The van der Waals surface area contributed by atoms with Crippen LogP contribution in [0, 0.1) is 0 Å². The summed E-state index contributed by atoms with van der Waals surface area (Å²) in [6, 6.07) is 9.79. The largest absolute Gasteiger partial charge is 0.472 e. The van der Waals surface area contributed by atoms with Crippen LogP contribution in [-0.2, 0) is 6.54 Å². The van der Waals surface area contributed by atoms with E-state index in [1.165, 1.54) is 0 Å². The third-order valence-electron chi connectivity index (χ3n) is 2.97. The smallest absolute Gasteiger partial charge is 0.153 e. The van der Waals surface area contributed by atoms with Crippen molar-refractivity contribution in [3.8, 4) is 11.3 Å². The second-order valence-electron chi connectivity index (χ2n) is 4.39. The Balaban J connectivity index is 1.91. The number of carbonyl (C=O) groups excluding carboxylic acids is 1. The van der Waals surface area contributed by atoms with Crippen LogP contribution >= 0.6 is 15.9 Å². The van der Waals surface area contributed by atoms with Gasteiger partial charge in [-0.25, -0.2) is 0 Å². The van der Waals surface area contributed by atoms with Gasteiger partial charge in [0, 0.05) is 16.2 Å². The summed E-state index contributed by atoms with van der Waals surface area (Å²) in [7, 11) is 0. The Bertz CT molecular complexity index is 715. The Hall–Kier alpha value is -2.14. The van der Waals surface area contributed by atoms with Crippen LogP contribution in [0.3, 0.4) is 0 Å². The van der Waals surface area contributed by atoms with Crippen molar-refractivity contribution in [1.29, 1.82) is 0 Å². The molecular formula is C15H11BrN2O2. The van der Waals surface area contributed by atoms with Gasteiger partial charge in [-0.15, -0.1) is 0 Å². The molecule has 2 heterocycles. The molecule has 0 saturated heterocycles. The third-order valence-corrected chi connectivity index (χ3v) is 3.50. The fraction of sp³-hybridized carbons (Fsp3) is 0.0667. The van der Waals surface area contributed by atoms with Gasteiger partial charge in [0.1, 0.15) is 5.69 Å². The third kappa shape index (κ3) is 2.58. The molecule has 2 aromatic heterocycles. The van der Waals surface area contributed by atoms with E-state index in [4.69, 9.17) is 4.42 Å². The van der Waals surface area contributed by atoms with E-state index in [9.17, 15) is 4.79 Å². The molecule has 0 amide bonds. The average molecular weight is 331 g/mol. The van der Waals surface area contributed by atoms with Crippen molar-refractivity contribution < 1.29 is 9.21 Å². The summed E-state index contributed by atoms with van der Waals surface area (Å²) in [4.78, 5) is 11.1. The van der Waals surface area contributed by atoms with Crippen LogP contribution in [0.25, 0.3) is 11.3 Å². The number of benzene rings is 1. The van der Waals surface area contributed by atoms with Crippen molar-refractivity contribution in [1.82, 2.24) is 9.78 Å². The van der Waals surface area contributed by atoms with E-state index in [1.54, 1.807) is 29.5 Å². The number of hydrogen-bond acceptors (Lipinski definition) is 3. The van der Waals surface area contributed by atoms with E-state index < -0.39 is 0 Å². The lowest BCUT2D eigenvalue weighted by Gasteiger charge is -2.01. The zero-order valence-corrected chi connectivity index (χ0v) is 12.1. The number of nitrogens with zero attached hydrogens (tertiary/aromatic N) is 2. The summed E-state index contributed by atoms with van der Waals surface area (Å²) >= 11 is 3.40. The minimum absolute atomic E-state index is 0.559. The van der Waals surface area contributed by atoms with Crippen LogP contribution in [0.4, 0.5) is 0 Å². The fourth-order valence-electron chi connectivity index (χ4n) is 2.00. The van der Waals surface area contributed by atoms with Crippen LogP contribution in [0.15, 0.2) is 57.9 Å². The predicted molar refractivity (Wildman–Crippen MR) is 78.6 cm³/mol. The van der Waals surface area contributed by atoms with Crippen LogP contribution in [0.2, 0.25) is 0 Å². The monoisotopic (exact) mass is 330 g/mol. The van der Waals surface area contributed by atoms with Gasteiger partial charge in [-0.1, -0.05) is 28.1 Å². The SMILES string of the molecule is O=Cc1cn(Cc2ccc(Br)cc2)nc1-c1ccoc1. The molecule has 1 aromatic carbocycles. The standard InChI is InChI=1S/C15H11BrN2O2/c16-14-3-1-11(2-4-14)7-18-8-13(9-19)15(17-18)12-5-6-20-10-12/h1-6,8-10H,7H2. The molecule has 0 unspecified atom stereocenters. The molecule has 0 radical (unpaired) electrons. The van der Waals surface area contributed by atoms with Crippen molar-refractivity contribution in [3.05, 3.63) is 64.7 Å². The normalized spacial score (nSPS) is 10.7. The van der Waals surface area contributed by atoms with Crippen LogP contribution in [0.1, 0.15) is 15.9 Å². The van der Waals surface area contributed by atoms with Gasteiger partial charge in [0.05, 0.1) is 24.6 Å². The Morgan fingerprint density at radius 2 is 2.05 bits per heavy atom. The molecule has 5 heteroatoms. The molecule has 0 aliphatic heterocycles. The van der Waals surface area contributed by atoms with E-state index in [0.29, 0.717) is 17.8 Å². The van der Waals surface area contributed by atoms with Gasteiger partial charge in [0.25, 0.3) is 0 Å². The molecule has 0 atom stereocenters. The maximum atomic E-state index is 11.1. The Morgan fingerprint density at radius 3 is 2.70 bits per heavy atom. The molecule has 4 nitrogen and oxygen atoms in total. The summed E-state index contributed by atoms with van der Waals surface area (Å²) in [6.45, 7) is 0.617. The summed E-state index contributed by atoms with van der Waals surface area (Å²) in [5, 5.41) is 4.45. The molecule has 3 rings (SSSR count). The molecule has 100 valence electrons. The molecule has 0 fully saturated rings. The van der Waals surface area contributed by atoms with E-state index in [-0.39, 0.29) is 0 Å². The second kappa shape index (κ2) is 5.46. The summed E-state index contributed by atoms with van der Waals surface area (Å²) < 4.78 is 7.83. The van der Waals surface area contributed by atoms with E-state index >= 15 is 0 Å². The zero-order valence-electron chi connectivity index (χ0n) is 10.5. The number of furan rings is 1. The molecule has 0 bridgehead atoms. The second-order valence-corrected chi connectivity index (χ2v) is 5.30. The maximum absolute atomic E-state index is 11.1. The molecule has 20 heavy (non-hydrogen) atoms. The molecular weight excluding hydrogens is 320 g/mol.